The Hall–Kier alpha value is -1.36. The molecule has 5 nitrogen and oxygen atoms in total. The van der Waals surface area contributed by atoms with E-state index in [0.717, 1.165) is 61.6 Å². The number of aliphatic hydroxyl groups is 1. The first-order valence-corrected chi connectivity index (χ1v) is 8.06. The van der Waals surface area contributed by atoms with Crippen LogP contribution in [-0.2, 0) is 0 Å². The quantitative estimate of drug-likeness (QED) is 0.794. The van der Waals surface area contributed by atoms with Crippen molar-refractivity contribution in [3.63, 3.8) is 0 Å². The van der Waals surface area contributed by atoms with E-state index in [9.17, 15) is 5.11 Å². The Balaban J connectivity index is 1.85. The fourth-order valence-electron chi connectivity index (χ4n) is 3.09. The molecule has 2 saturated carbocycles. The van der Waals surface area contributed by atoms with Crippen molar-refractivity contribution in [2.45, 2.75) is 63.8 Å². The molecule has 21 heavy (non-hydrogen) atoms. The number of nitrogens with two attached hydrogens (primary N) is 1. The third kappa shape index (κ3) is 2.98. The van der Waals surface area contributed by atoms with Gasteiger partial charge in [-0.1, -0.05) is 6.92 Å². The van der Waals surface area contributed by atoms with Gasteiger partial charge in [0.05, 0.1) is 12.1 Å². The Morgan fingerprint density at radius 3 is 2.48 bits per heavy atom. The number of aromatic nitrogens is 2. The maximum Gasteiger partial charge on any atom is 0.136 e. The van der Waals surface area contributed by atoms with Gasteiger partial charge in [0.25, 0.3) is 0 Å². The molecule has 0 aromatic carbocycles. The summed E-state index contributed by atoms with van der Waals surface area (Å²) in [5, 5.41) is 13.4. The Labute approximate surface area is 126 Å². The van der Waals surface area contributed by atoms with Crippen molar-refractivity contribution in [3.05, 3.63) is 11.4 Å². The molecule has 1 aromatic heterocycles. The van der Waals surface area contributed by atoms with E-state index in [4.69, 9.17) is 5.73 Å². The molecule has 1 aromatic rings. The van der Waals surface area contributed by atoms with E-state index in [0.29, 0.717) is 11.7 Å². The summed E-state index contributed by atoms with van der Waals surface area (Å²) in [5.41, 5.74) is 6.69. The third-order valence-electron chi connectivity index (χ3n) is 5.06. The monoisotopic (exact) mass is 290 g/mol. The molecule has 0 amide bonds. The second kappa shape index (κ2) is 5.44. The van der Waals surface area contributed by atoms with Crippen LogP contribution in [0.15, 0.2) is 0 Å². The minimum atomic E-state index is -0.251. The summed E-state index contributed by atoms with van der Waals surface area (Å²) in [6, 6.07) is 0. The molecular weight excluding hydrogens is 264 g/mol. The largest absolute Gasteiger partial charge is 0.394 e. The third-order valence-corrected chi connectivity index (χ3v) is 5.06. The van der Waals surface area contributed by atoms with Crippen LogP contribution in [0.2, 0.25) is 0 Å². The molecule has 0 spiro atoms. The van der Waals surface area contributed by atoms with E-state index < -0.39 is 0 Å². The van der Waals surface area contributed by atoms with Crippen molar-refractivity contribution in [1.29, 1.82) is 0 Å². The lowest BCUT2D eigenvalue weighted by Gasteiger charge is -2.39. The number of aliphatic hydroxyl groups excluding tert-OH is 1. The number of hydrogen-bond donors (Lipinski definition) is 3. The maximum atomic E-state index is 9.90. The second-order valence-electron chi connectivity index (χ2n) is 6.96. The highest BCUT2D eigenvalue weighted by Crippen LogP contribution is 2.40. The van der Waals surface area contributed by atoms with E-state index in [1.54, 1.807) is 0 Å². The fraction of sp³-hybridized carbons (Fsp3) is 0.750. The van der Waals surface area contributed by atoms with Crippen LogP contribution in [-0.4, -0.2) is 27.2 Å². The highest BCUT2D eigenvalue weighted by molar-refractivity contribution is 5.56. The van der Waals surface area contributed by atoms with Crippen LogP contribution in [0.1, 0.15) is 62.8 Å². The van der Waals surface area contributed by atoms with Crippen molar-refractivity contribution in [2.24, 2.45) is 5.92 Å². The van der Waals surface area contributed by atoms with Gasteiger partial charge >= 0.3 is 0 Å². The van der Waals surface area contributed by atoms with Gasteiger partial charge in [-0.2, -0.15) is 0 Å². The molecule has 0 bridgehead atoms. The molecule has 3 rings (SSSR count). The summed E-state index contributed by atoms with van der Waals surface area (Å²) < 4.78 is 0. The predicted molar refractivity (Wildman–Crippen MR) is 84.2 cm³/mol. The minimum Gasteiger partial charge on any atom is -0.394 e. The first-order chi connectivity index (χ1) is 10.0. The highest BCUT2D eigenvalue weighted by atomic mass is 16.3. The van der Waals surface area contributed by atoms with Gasteiger partial charge in [0.2, 0.25) is 0 Å². The van der Waals surface area contributed by atoms with Gasteiger partial charge in [-0.05, 0) is 51.4 Å². The zero-order chi connectivity index (χ0) is 15.0. The van der Waals surface area contributed by atoms with Crippen LogP contribution >= 0.6 is 0 Å². The fourth-order valence-corrected chi connectivity index (χ4v) is 3.09. The average molecular weight is 290 g/mol. The molecule has 0 radical (unpaired) electrons. The number of nitrogens with one attached hydrogen (secondary N) is 1. The lowest BCUT2D eigenvalue weighted by Crippen LogP contribution is -2.45. The number of rotatable bonds is 4. The van der Waals surface area contributed by atoms with Crippen molar-refractivity contribution < 1.29 is 5.11 Å². The molecule has 116 valence electrons. The summed E-state index contributed by atoms with van der Waals surface area (Å²) in [7, 11) is 0. The molecule has 2 fully saturated rings. The van der Waals surface area contributed by atoms with Crippen molar-refractivity contribution in [1.82, 2.24) is 9.97 Å². The van der Waals surface area contributed by atoms with Gasteiger partial charge in [0, 0.05) is 11.5 Å². The number of hydrogen-bond acceptors (Lipinski definition) is 5. The summed E-state index contributed by atoms with van der Waals surface area (Å²) in [6.45, 7) is 4.37. The first kappa shape index (κ1) is 14.6. The molecule has 5 heteroatoms. The molecule has 0 aliphatic heterocycles. The summed E-state index contributed by atoms with van der Waals surface area (Å²) in [6.07, 6.45) is 6.56. The van der Waals surface area contributed by atoms with E-state index in [-0.39, 0.29) is 12.1 Å². The minimum absolute atomic E-state index is 0.141. The molecule has 0 unspecified atom stereocenters. The normalized spacial score (nSPS) is 29.4. The van der Waals surface area contributed by atoms with E-state index >= 15 is 0 Å². The van der Waals surface area contributed by atoms with Gasteiger partial charge in [0.1, 0.15) is 17.5 Å². The van der Waals surface area contributed by atoms with Gasteiger partial charge < -0.3 is 16.2 Å². The summed E-state index contributed by atoms with van der Waals surface area (Å²) in [4.78, 5) is 9.10. The standard InChI is InChI=1S/C16H26N4O/c1-10-5-7-16(9-21,8-6-10)20-14-11(2)13(17)18-15(19-14)12-3-4-12/h10,12,21H,3-9H2,1-2H3,(H3,17,18,19,20). The molecule has 0 atom stereocenters. The van der Waals surface area contributed by atoms with Crippen LogP contribution in [0.4, 0.5) is 11.6 Å². The van der Waals surface area contributed by atoms with E-state index in [1.807, 2.05) is 6.92 Å². The molecule has 1 heterocycles. The first-order valence-electron chi connectivity index (χ1n) is 8.06. The Bertz CT molecular complexity index is 519. The number of nitrogen functional groups attached to an aromatic ring is 1. The molecule has 4 N–H and O–H groups in total. The second-order valence-corrected chi connectivity index (χ2v) is 6.96. The Kier molecular flexibility index (Phi) is 3.78. The zero-order valence-electron chi connectivity index (χ0n) is 13.0. The summed E-state index contributed by atoms with van der Waals surface area (Å²) in [5.74, 6) is 3.45. The van der Waals surface area contributed by atoms with Crippen LogP contribution in [0.5, 0.6) is 0 Å². The maximum absolute atomic E-state index is 9.90. The van der Waals surface area contributed by atoms with Crippen LogP contribution in [0.25, 0.3) is 0 Å². The van der Waals surface area contributed by atoms with Gasteiger partial charge in [-0.3, -0.25) is 0 Å². The lowest BCUT2D eigenvalue weighted by molar-refractivity contribution is 0.155. The van der Waals surface area contributed by atoms with Crippen molar-refractivity contribution >= 4 is 11.6 Å². The van der Waals surface area contributed by atoms with E-state index in [2.05, 4.69) is 22.2 Å². The van der Waals surface area contributed by atoms with Gasteiger partial charge in [-0.15, -0.1) is 0 Å². The molecule has 2 aliphatic carbocycles. The summed E-state index contributed by atoms with van der Waals surface area (Å²) >= 11 is 0. The molecular formula is C16H26N4O. The smallest absolute Gasteiger partial charge is 0.136 e. The molecule has 2 aliphatic rings. The Morgan fingerprint density at radius 1 is 1.24 bits per heavy atom. The molecule has 0 saturated heterocycles. The number of anilines is 2. The van der Waals surface area contributed by atoms with Crippen LogP contribution in [0.3, 0.4) is 0 Å². The van der Waals surface area contributed by atoms with Gasteiger partial charge in [0.15, 0.2) is 0 Å². The van der Waals surface area contributed by atoms with Crippen molar-refractivity contribution in [3.8, 4) is 0 Å². The Morgan fingerprint density at radius 2 is 1.90 bits per heavy atom. The van der Waals surface area contributed by atoms with Crippen LogP contribution < -0.4 is 11.1 Å². The van der Waals surface area contributed by atoms with Gasteiger partial charge in [-0.25, -0.2) is 9.97 Å². The topological polar surface area (TPSA) is 84.1 Å². The van der Waals surface area contributed by atoms with Crippen molar-refractivity contribution in [2.75, 3.05) is 17.7 Å². The predicted octanol–water partition coefficient (Wildman–Crippen LogP) is 2.60. The SMILES string of the molecule is Cc1c(N)nc(C2CC2)nc1NC1(CO)CCC(C)CC1. The van der Waals surface area contributed by atoms with Crippen LogP contribution in [0, 0.1) is 12.8 Å². The average Bonchev–Trinajstić information content (AvgIpc) is 3.31. The number of nitrogens with zero attached hydrogens (tertiary/aromatic N) is 2. The van der Waals surface area contributed by atoms with E-state index in [1.165, 1.54) is 0 Å². The lowest BCUT2D eigenvalue weighted by atomic mass is 9.77. The highest BCUT2D eigenvalue weighted by Gasteiger charge is 2.35. The zero-order valence-corrected chi connectivity index (χ0v) is 13.0.